The minimum atomic E-state index is -1.11. The van der Waals surface area contributed by atoms with Gasteiger partial charge in [0.25, 0.3) is 5.96 Å². The van der Waals surface area contributed by atoms with E-state index in [-0.39, 0.29) is 25.0 Å². The molecule has 0 heterocycles. The Bertz CT molecular complexity index is 813. The van der Waals surface area contributed by atoms with Crippen molar-refractivity contribution in [1.82, 2.24) is 16.0 Å². The molecule has 3 amide bonds. The number of hydrogen-bond acceptors (Lipinski definition) is 10. The van der Waals surface area contributed by atoms with Gasteiger partial charge in [-0.3, -0.25) is 10.6 Å². The van der Waals surface area contributed by atoms with E-state index in [0.717, 1.165) is 0 Å². The van der Waals surface area contributed by atoms with Crippen molar-refractivity contribution in [1.29, 1.82) is 0 Å². The molecular weight excluding hydrogens is 500 g/mol. The lowest BCUT2D eigenvalue weighted by molar-refractivity contribution is -0.149. The molecule has 0 unspecified atom stereocenters. The van der Waals surface area contributed by atoms with E-state index in [0.29, 0.717) is 0 Å². The number of carbonyl (C=O) groups is 4. The molecule has 0 fully saturated rings. The summed E-state index contributed by atoms with van der Waals surface area (Å²) in [6, 6.07) is -1.11. The Morgan fingerprint density at radius 2 is 1.11 bits per heavy atom. The highest BCUT2D eigenvalue weighted by Crippen LogP contribution is 2.14. The van der Waals surface area contributed by atoms with Crippen molar-refractivity contribution in [3.63, 3.8) is 0 Å². The van der Waals surface area contributed by atoms with Crippen LogP contribution in [-0.2, 0) is 28.6 Å². The average Bonchev–Trinajstić information content (AvgIpc) is 2.63. The van der Waals surface area contributed by atoms with E-state index >= 15 is 0 Å². The van der Waals surface area contributed by atoms with Gasteiger partial charge in [-0.25, -0.2) is 19.2 Å². The molecule has 0 aliphatic carbocycles. The molecule has 0 aromatic heterocycles. The first-order chi connectivity index (χ1) is 17.0. The lowest BCUT2D eigenvalue weighted by Crippen LogP contribution is -2.47. The monoisotopic (exact) mass is 546 g/mol. The topological polar surface area (TPSA) is 163 Å². The quantitative estimate of drug-likeness (QED) is 0.106. The Kier molecular flexibility index (Phi) is 12.9. The van der Waals surface area contributed by atoms with Gasteiger partial charge in [0, 0.05) is 6.42 Å². The van der Waals surface area contributed by atoms with E-state index in [4.69, 9.17) is 23.8 Å². The summed E-state index contributed by atoms with van der Waals surface area (Å²) < 4.78 is 20.9. The fourth-order valence-corrected chi connectivity index (χ4v) is 2.25. The predicted molar refractivity (Wildman–Crippen MR) is 140 cm³/mol. The lowest BCUT2D eigenvalue weighted by atomic mass is 9.99. The first-order valence-electron chi connectivity index (χ1n) is 12.3. The fourth-order valence-electron chi connectivity index (χ4n) is 2.25. The summed E-state index contributed by atoms with van der Waals surface area (Å²) in [5.74, 6) is -1.09. The number of carbonyl (C=O) groups excluding carboxylic acids is 4. The van der Waals surface area contributed by atoms with E-state index in [1.165, 1.54) is 0 Å². The second-order valence-corrected chi connectivity index (χ2v) is 12.7. The Morgan fingerprint density at radius 3 is 1.50 bits per heavy atom. The summed E-state index contributed by atoms with van der Waals surface area (Å²) in [7, 11) is 0. The molecule has 0 bridgehead atoms. The highest BCUT2D eigenvalue weighted by molar-refractivity contribution is 6.01. The standard InChI is InChI=1S/C25H46N4O9/c1-22(2,3)15-34-17(30)16(26-19(31)36-23(4,5)6)13-14-35-29-18(27-20(32)37-24(7,8)9)28-21(33)38-25(10,11)12/h16H,13-15H2,1-12H3,(H,26,31)(H2,27,28,29,32,33)/t16-/m0/s1. The molecule has 0 spiro atoms. The Hall–Kier alpha value is -3.25. The van der Waals surface area contributed by atoms with Crippen LogP contribution in [0.25, 0.3) is 0 Å². The van der Waals surface area contributed by atoms with Crippen molar-refractivity contribution in [3.05, 3.63) is 0 Å². The number of amides is 3. The number of alkyl carbamates (subject to hydrolysis) is 3. The third kappa shape index (κ3) is 19.9. The zero-order valence-corrected chi connectivity index (χ0v) is 24.8. The van der Waals surface area contributed by atoms with Gasteiger partial charge in [0.05, 0.1) is 6.61 Å². The third-order valence-corrected chi connectivity index (χ3v) is 3.52. The van der Waals surface area contributed by atoms with E-state index in [1.54, 1.807) is 62.3 Å². The number of hydrogen-bond donors (Lipinski definition) is 3. The van der Waals surface area contributed by atoms with Crippen LogP contribution in [0, 0.1) is 5.41 Å². The molecule has 0 aromatic rings. The number of guanidine groups is 1. The second kappa shape index (κ2) is 14.1. The maximum absolute atomic E-state index is 12.6. The molecule has 38 heavy (non-hydrogen) atoms. The van der Waals surface area contributed by atoms with Crippen molar-refractivity contribution in [2.24, 2.45) is 10.6 Å². The molecule has 0 aliphatic rings. The first kappa shape index (κ1) is 34.8. The van der Waals surface area contributed by atoms with Crippen LogP contribution < -0.4 is 16.0 Å². The van der Waals surface area contributed by atoms with Crippen LogP contribution in [-0.4, -0.2) is 66.3 Å². The van der Waals surface area contributed by atoms with Gasteiger partial charge >= 0.3 is 24.2 Å². The molecule has 3 N–H and O–H groups in total. The SMILES string of the molecule is CC(C)(C)COC(=O)[C@H](CCON=C(NC(=O)OC(C)(C)C)NC(=O)OC(C)(C)C)NC(=O)OC(C)(C)C. The van der Waals surface area contributed by atoms with Crippen LogP contribution in [0.5, 0.6) is 0 Å². The molecule has 0 radical (unpaired) electrons. The van der Waals surface area contributed by atoms with Gasteiger partial charge in [-0.05, 0) is 72.9 Å². The summed E-state index contributed by atoms with van der Waals surface area (Å²) in [5.41, 5.74) is -2.69. The number of nitrogens with one attached hydrogen (secondary N) is 3. The summed E-state index contributed by atoms with van der Waals surface area (Å²) in [5, 5.41) is 10.7. The normalized spacial score (nSPS) is 12.8. The van der Waals surface area contributed by atoms with Gasteiger partial charge in [-0.1, -0.05) is 20.8 Å². The van der Waals surface area contributed by atoms with Crippen LogP contribution in [0.4, 0.5) is 14.4 Å². The summed E-state index contributed by atoms with van der Waals surface area (Å²) in [4.78, 5) is 54.5. The maximum atomic E-state index is 12.6. The Morgan fingerprint density at radius 1 is 0.684 bits per heavy atom. The predicted octanol–water partition coefficient (Wildman–Crippen LogP) is 4.20. The molecule has 220 valence electrons. The molecule has 13 nitrogen and oxygen atoms in total. The number of rotatable bonds is 7. The highest BCUT2D eigenvalue weighted by atomic mass is 16.6. The summed E-state index contributed by atoms with van der Waals surface area (Å²) in [6.07, 6.45) is -2.66. The largest absolute Gasteiger partial charge is 0.464 e. The highest BCUT2D eigenvalue weighted by Gasteiger charge is 2.27. The van der Waals surface area contributed by atoms with Crippen LogP contribution in [0.3, 0.4) is 0 Å². The smallest absolute Gasteiger partial charge is 0.414 e. The minimum Gasteiger partial charge on any atom is -0.464 e. The van der Waals surface area contributed by atoms with Crippen molar-refractivity contribution >= 4 is 30.2 Å². The van der Waals surface area contributed by atoms with Gasteiger partial charge in [-0.15, -0.1) is 0 Å². The molecule has 0 saturated heterocycles. The first-order valence-corrected chi connectivity index (χ1v) is 12.3. The fraction of sp³-hybridized carbons (Fsp3) is 0.800. The molecule has 13 heteroatoms. The number of ether oxygens (including phenoxy) is 4. The zero-order valence-electron chi connectivity index (χ0n) is 24.8. The third-order valence-electron chi connectivity index (χ3n) is 3.52. The molecule has 0 rings (SSSR count). The molecular formula is C25H46N4O9. The minimum absolute atomic E-state index is 0.0577. The Labute approximate surface area is 225 Å². The number of oxime groups is 1. The van der Waals surface area contributed by atoms with Gasteiger partial charge in [0.2, 0.25) is 0 Å². The second-order valence-electron chi connectivity index (χ2n) is 12.7. The van der Waals surface area contributed by atoms with Gasteiger partial charge < -0.3 is 29.1 Å². The van der Waals surface area contributed by atoms with Gasteiger partial charge in [0.15, 0.2) is 0 Å². The van der Waals surface area contributed by atoms with Crippen molar-refractivity contribution in [2.75, 3.05) is 13.2 Å². The Balaban J connectivity index is 5.45. The van der Waals surface area contributed by atoms with E-state index in [2.05, 4.69) is 21.1 Å². The lowest BCUT2D eigenvalue weighted by Gasteiger charge is -2.24. The van der Waals surface area contributed by atoms with E-state index in [1.807, 2.05) is 20.8 Å². The van der Waals surface area contributed by atoms with Gasteiger partial charge in [-0.2, -0.15) is 0 Å². The molecule has 0 saturated carbocycles. The van der Waals surface area contributed by atoms with E-state index in [9.17, 15) is 19.2 Å². The van der Waals surface area contributed by atoms with Crippen LogP contribution in [0.1, 0.15) is 89.5 Å². The van der Waals surface area contributed by atoms with Crippen molar-refractivity contribution in [3.8, 4) is 0 Å². The molecule has 0 aromatic carbocycles. The van der Waals surface area contributed by atoms with Crippen LogP contribution in [0.2, 0.25) is 0 Å². The number of nitrogens with zero attached hydrogens (tertiary/aromatic N) is 1. The van der Waals surface area contributed by atoms with E-state index < -0.39 is 53.1 Å². The van der Waals surface area contributed by atoms with Crippen LogP contribution in [0.15, 0.2) is 5.16 Å². The van der Waals surface area contributed by atoms with Gasteiger partial charge in [0.1, 0.15) is 29.5 Å². The summed E-state index contributed by atoms with van der Waals surface area (Å²) >= 11 is 0. The molecule has 0 aliphatic heterocycles. The van der Waals surface area contributed by atoms with Crippen molar-refractivity contribution < 1.29 is 43.0 Å². The maximum Gasteiger partial charge on any atom is 0.414 e. The number of esters is 1. The average molecular weight is 547 g/mol. The van der Waals surface area contributed by atoms with Crippen molar-refractivity contribution in [2.45, 2.75) is 112 Å². The van der Waals surface area contributed by atoms with Crippen LogP contribution >= 0.6 is 0 Å². The summed E-state index contributed by atoms with van der Waals surface area (Å²) in [6.45, 7) is 20.7. The molecule has 1 atom stereocenters. The zero-order chi connectivity index (χ0) is 29.9.